The molecular weight excluding hydrogens is 314 g/mol. The largest absolute Gasteiger partial charge is 0.465 e. The fourth-order valence-electron chi connectivity index (χ4n) is 2.78. The Balaban J connectivity index is 1.99. The monoisotopic (exact) mass is 331 g/mol. The molecule has 0 aliphatic carbocycles. The van der Waals surface area contributed by atoms with Crippen molar-refractivity contribution in [3.8, 4) is 0 Å². The molecule has 23 heavy (non-hydrogen) atoms. The van der Waals surface area contributed by atoms with Crippen LogP contribution in [-0.2, 0) is 27.7 Å². The Morgan fingerprint density at radius 3 is 2.43 bits per heavy atom. The summed E-state index contributed by atoms with van der Waals surface area (Å²) in [4.78, 5) is 11.8. The highest BCUT2D eigenvalue weighted by molar-refractivity contribution is 7.89. The number of nitrogens with zero attached hydrogens (tertiary/aromatic N) is 1. The molecule has 1 aliphatic heterocycles. The average molecular weight is 331 g/mol. The highest BCUT2D eigenvalue weighted by atomic mass is 32.2. The second-order valence-corrected chi connectivity index (χ2v) is 7.25. The minimum absolute atomic E-state index is 0.00812. The zero-order valence-corrected chi connectivity index (χ0v) is 13.5. The van der Waals surface area contributed by atoms with Gasteiger partial charge < -0.3 is 4.74 Å². The van der Waals surface area contributed by atoms with Crippen molar-refractivity contribution in [2.45, 2.75) is 17.9 Å². The van der Waals surface area contributed by atoms with E-state index in [1.54, 1.807) is 12.1 Å². The molecule has 0 bridgehead atoms. The van der Waals surface area contributed by atoms with Gasteiger partial charge in [0.1, 0.15) is 0 Å². The van der Waals surface area contributed by atoms with E-state index in [1.165, 1.54) is 29.1 Å². The van der Waals surface area contributed by atoms with Gasteiger partial charge in [-0.05, 0) is 29.7 Å². The molecule has 0 unspecified atom stereocenters. The van der Waals surface area contributed by atoms with Crippen molar-refractivity contribution in [3.63, 3.8) is 0 Å². The van der Waals surface area contributed by atoms with Crippen LogP contribution < -0.4 is 0 Å². The van der Waals surface area contributed by atoms with Gasteiger partial charge in [-0.2, -0.15) is 4.31 Å². The number of hydrogen-bond acceptors (Lipinski definition) is 4. The number of methoxy groups -OCH3 is 1. The molecule has 0 spiro atoms. The lowest BCUT2D eigenvalue weighted by atomic mass is 10.0. The number of ether oxygens (including phenoxy) is 1. The molecule has 0 saturated heterocycles. The maximum absolute atomic E-state index is 13.0. The van der Waals surface area contributed by atoms with E-state index in [1.807, 2.05) is 24.3 Å². The molecule has 1 heterocycles. The highest BCUT2D eigenvalue weighted by Gasteiger charge is 2.31. The molecular formula is C17H17NO4S. The maximum Gasteiger partial charge on any atom is 0.339 e. The summed E-state index contributed by atoms with van der Waals surface area (Å²) in [6.45, 7) is 0.711. The Morgan fingerprint density at radius 2 is 1.70 bits per heavy atom. The predicted octanol–water partition coefficient (Wildman–Crippen LogP) is 2.22. The van der Waals surface area contributed by atoms with Crippen molar-refractivity contribution < 1.29 is 17.9 Å². The number of benzene rings is 2. The standard InChI is InChI=1S/C17H17NO4S/c1-22-17(19)15-8-4-5-9-16(15)23(20,21)18-11-10-13-6-2-3-7-14(13)12-18/h2-9H,10-12H2,1H3. The number of sulfonamides is 1. The van der Waals surface area contributed by atoms with Gasteiger partial charge in [0.25, 0.3) is 0 Å². The second kappa shape index (κ2) is 6.14. The van der Waals surface area contributed by atoms with E-state index in [2.05, 4.69) is 0 Å². The maximum atomic E-state index is 13.0. The first-order valence-corrected chi connectivity index (χ1v) is 8.72. The van der Waals surface area contributed by atoms with Gasteiger partial charge in [0.05, 0.1) is 17.6 Å². The van der Waals surface area contributed by atoms with Gasteiger partial charge in [0.15, 0.2) is 0 Å². The van der Waals surface area contributed by atoms with Crippen LogP contribution in [0.4, 0.5) is 0 Å². The molecule has 0 fully saturated rings. The minimum Gasteiger partial charge on any atom is -0.465 e. The van der Waals surface area contributed by atoms with Gasteiger partial charge in [-0.3, -0.25) is 0 Å². The van der Waals surface area contributed by atoms with Gasteiger partial charge in [0.2, 0.25) is 10.0 Å². The fraction of sp³-hybridized carbons (Fsp3) is 0.235. The Kier molecular flexibility index (Phi) is 4.19. The minimum atomic E-state index is -3.76. The molecule has 2 aromatic rings. The Morgan fingerprint density at radius 1 is 1.04 bits per heavy atom. The van der Waals surface area contributed by atoms with E-state index < -0.39 is 16.0 Å². The number of hydrogen-bond donors (Lipinski definition) is 0. The summed E-state index contributed by atoms with van der Waals surface area (Å²) < 4.78 is 32.0. The van der Waals surface area contributed by atoms with E-state index >= 15 is 0 Å². The topological polar surface area (TPSA) is 63.7 Å². The van der Waals surface area contributed by atoms with E-state index in [9.17, 15) is 13.2 Å². The summed E-state index contributed by atoms with van der Waals surface area (Å²) in [6, 6.07) is 13.9. The molecule has 3 rings (SSSR count). The third-order valence-electron chi connectivity index (χ3n) is 4.01. The molecule has 6 heteroatoms. The lowest BCUT2D eigenvalue weighted by Gasteiger charge is -2.28. The molecule has 0 radical (unpaired) electrons. The lowest BCUT2D eigenvalue weighted by Crippen LogP contribution is -2.36. The molecule has 5 nitrogen and oxygen atoms in total. The SMILES string of the molecule is COC(=O)c1ccccc1S(=O)(=O)N1CCc2ccccc2C1. The van der Waals surface area contributed by atoms with Gasteiger partial charge in [-0.25, -0.2) is 13.2 Å². The predicted molar refractivity (Wildman–Crippen MR) is 85.5 cm³/mol. The van der Waals surface area contributed by atoms with Gasteiger partial charge in [0, 0.05) is 13.1 Å². The average Bonchev–Trinajstić information content (AvgIpc) is 2.60. The van der Waals surface area contributed by atoms with Crippen LogP contribution in [0.5, 0.6) is 0 Å². The first kappa shape index (κ1) is 15.7. The van der Waals surface area contributed by atoms with Gasteiger partial charge in [-0.1, -0.05) is 36.4 Å². The lowest BCUT2D eigenvalue weighted by molar-refractivity contribution is 0.0596. The van der Waals surface area contributed by atoms with Crippen molar-refractivity contribution >= 4 is 16.0 Å². The number of carbonyl (C=O) groups excluding carboxylic acids is 1. The zero-order chi connectivity index (χ0) is 16.4. The summed E-state index contributed by atoms with van der Waals surface area (Å²) in [7, 11) is -2.52. The van der Waals surface area contributed by atoms with Crippen LogP contribution >= 0.6 is 0 Å². The summed E-state index contributed by atoms with van der Waals surface area (Å²) in [5.41, 5.74) is 2.23. The molecule has 0 aromatic heterocycles. The van der Waals surface area contributed by atoms with Crippen molar-refractivity contribution in [3.05, 3.63) is 65.2 Å². The molecule has 0 amide bonds. The van der Waals surface area contributed by atoms with Gasteiger partial charge in [-0.15, -0.1) is 0 Å². The summed E-state index contributed by atoms with van der Waals surface area (Å²) in [6.07, 6.45) is 0.662. The molecule has 120 valence electrons. The molecule has 0 N–H and O–H groups in total. The summed E-state index contributed by atoms with van der Waals surface area (Å²) in [5, 5.41) is 0. The number of carbonyl (C=O) groups is 1. The third-order valence-corrected chi connectivity index (χ3v) is 5.91. The number of esters is 1. The molecule has 1 aliphatic rings. The van der Waals surface area contributed by atoms with Crippen LogP contribution in [-0.4, -0.2) is 32.3 Å². The normalized spacial score (nSPS) is 15.0. The quantitative estimate of drug-likeness (QED) is 0.809. The number of fused-ring (bicyclic) bond motifs is 1. The van der Waals surface area contributed by atoms with E-state index in [0.717, 1.165) is 5.56 Å². The van der Waals surface area contributed by atoms with Crippen molar-refractivity contribution in [2.24, 2.45) is 0 Å². The summed E-state index contributed by atoms with van der Waals surface area (Å²) in [5.74, 6) is -0.651. The van der Waals surface area contributed by atoms with E-state index in [0.29, 0.717) is 19.5 Å². The zero-order valence-electron chi connectivity index (χ0n) is 12.7. The third kappa shape index (κ3) is 2.87. The van der Waals surface area contributed by atoms with E-state index in [4.69, 9.17) is 4.74 Å². The van der Waals surface area contributed by atoms with Crippen LogP contribution in [0.3, 0.4) is 0 Å². The van der Waals surface area contributed by atoms with Crippen LogP contribution in [0, 0.1) is 0 Å². The Labute approximate surface area is 135 Å². The van der Waals surface area contributed by atoms with Crippen molar-refractivity contribution in [1.82, 2.24) is 4.31 Å². The Bertz CT molecular complexity index is 845. The molecule has 0 saturated carbocycles. The summed E-state index contributed by atoms with van der Waals surface area (Å²) >= 11 is 0. The van der Waals surface area contributed by atoms with Crippen LogP contribution in [0.2, 0.25) is 0 Å². The molecule has 0 atom stereocenters. The Hall–Kier alpha value is -2.18. The van der Waals surface area contributed by atoms with Crippen molar-refractivity contribution in [1.29, 1.82) is 0 Å². The number of rotatable bonds is 3. The van der Waals surface area contributed by atoms with Crippen LogP contribution in [0.25, 0.3) is 0 Å². The van der Waals surface area contributed by atoms with E-state index in [-0.39, 0.29) is 10.5 Å². The first-order chi connectivity index (χ1) is 11.0. The smallest absolute Gasteiger partial charge is 0.339 e. The highest BCUT2D eigenvalue weighted by Crippen LogP contribution is 2.26. The van der Waals surface area contributed by atoms with Crippen LogP contribution in [0.15, 0.2) is 53.4 Å². The molecule has 2 aromatic carbocycles. The first-order valence-electron chi connectivity index (χ1n) is 7.28. The van der Waals surface area contributed by atoms with Gasteiger partial charge >= 0.3 is 5.97 Å². The fourth-order valence-corrected chi connectivity index (χ4v) is 4.38. The van der Waals surface area contributed by atoms with Crippen LogP contribution in [0.1, 0.15) is 21.5 Å². The van der Waals surface area contributed by atoms with Crippen molar-refractivity contribution in [2.75, 3.05) is 13.7 Å². The second-order valence-electron chi connectivity index (χ2n) is 5.35.